The van der Waals surface area contributed by atoms with Gasteiger partial charge in [0.2, 0.25) is 6.79 Å². The van der Waals surface area contributed by atoms with Crippen molar-refractivity contribution in [3.8, 4) is 11.5 Å². The zero-order valence-corrected chi connectivity index (χ0v) is 13.1. The summed E-state index contributed by atoms with van der Waals surface area (Å²) >= 11 is 11.8. The largest absolute Gasteiger partial charge is 0.454 e. The predicted octanol–water partition coefficient (Wildman–Crippen LogP) is 3.30. The molecular weight excluding hydrogens is 343 g/mol. The van der Waals surface area contributed by atoms with Crippen molar-refractivity contribution in [2.45, 2.75) is 0 Å². The van der Waals surface area contributed by atoms with E-state index in [1.807, 2.05) is 0 Å². The molecule has 1 aliphatic heterocycles. The van der Waals surface area contributed by atoms with Gasteiger partial charge in [-0.25, -0.2) is 0 Å². The van der Waals surface area contributed by atoms with Crippen molar-refractivity contribution >= 4 is 46.4 Å². The van der Waals surface area contributed by atoms with Gasteiger partial charge in [-0.2, -0.15) is 0 Å². The Morgan fingerprint density at radius 3 is 2.48 bits per heavy atom. The van der Waals surface area contributed by atoms with Gasteiger partial charge >= 0.3 is 11.8 Å². The first-order valence-corrected chi connectivity index (χ1v) is 7.25. The van der Waals surface area contributed by atoms with Crippen LogP contribution in [-0.2, 0) is 9.59 Å². The fraction of sp³-hybridized carbons (Fsp3) is 0.0667. The number of nitrogens with one attached hydrogen (secondary N) is 2. The van der Waals surface area contributed by atoms with E-state index < -0.39 is 11.8 Å². The molecule has 0 saturated heterocycles. The Morgan fingerprint density at radius 1 is 0.913 bits per heavy atom. The lowest BCUT2D eigenvalue weighted by Gasteiger charge is -2.08. The van der Waals surface area contributed by atoms with Crippen LogP contribution in [-0.4, -0.2) is 18.6 Å². The van der Waals surface area contributed by atoms with Gasteiger partial charge in [-0.15, -0.1) is 0 Å². The van der Waals surface area contributed by atoms with E-state index in [0.29, 0.717) is 22.2 Å². The molecule has 2 aromatic carbocycles. The van der Waals surface area contributed by atoms with E-state index in [2.05, 4.69) is 10.6 Å². The van der Waals surface area contributed by atoms with Gasteiger partial charge in [0, 0.05) is 16.8 Å². The van der Waals surface area contributed by atoms with Crippen LogP contribution in [0, 0.1) is 0 Å². The number of carbonyl (C=O) groups excluding carboxylic acids is 2. The van der Waals surface area contributed by atoms with E-state index in [1.165, 1.54) is 12.1 Å². The summed E-state index contributed by atoms with van der Waals surface area (Å²) in [5.74, 6) is -0.633. The highest BCUT2D eigenvalue weighted by molar-refractivity contribution is 6.45. The van der Waals surface area contributed by atoms with Gasteiger partial charge in [0.1, 0.15) is 0 Å². The third-order valence-electron chi connectivity index (χ3n) is 3.01. The number of fused-ring (bicyclic) bond motifs is 1. The summed E-state index contributed by atoms with van der Waals surface area (Å²) in [6.07, 6.45) is 0. The second kappa shape index (κ2) is 6.36. The second-order valence-electron chi connectivity index (χ2n) is 4.60. The SMILES string of the molecule is O=C(Nc1ccc2c(c1)OCO2)C(=O)Nc1cc(Cl)ccc1Cl. The minimum atomic E-state index is -0.869. The zero-order valence-electron chi connectivity index (χ0n) is 11.6. The Balaban J connectivity index is 1.68. The number of amides is 2. The van der Waals surface area contributed by atoms with Crippen molar-refractivity contribution in [2.75, 3.05) is 17.4 Å². The highest BCUT2D eigenvalue weighted by Gasteiger charge is 2.18. The summed E-state index contributed by atoms with van der Waals surface area (Å²) in [6, 6.07) is 9.37. The van der Waals surface area contributed by atoms with Gasteiger partial charge in [0.25, 0.3) is 0 Å². The molecule has 0 fully saturated rings. The maximum Gasteiger partial charge on any atom is 0.314 e. The third kappa shape index (κ3) is 3.49. The molecule has 1 heterocycles. The number of rotatable bonds is 2. The van der Waals surface area contributed by atoms with E-state index in [1.54, 1.807) is 24.3 Å². The van der Waals surface area contributed by atoms with E-state index >= 15 is 0 Å². The normalized spacial score (nSPS) is 11.9. The summed E-state index contributed by atoms with van der Waals surface area (Å²) in [7, 11) is 0. The molecule has 2 N–H and O–H groups in total. The molecule has 23 heavy (non-hydrogen) atoms. The summed E-state index contributed by atoms with van der Waals surface area (Å²) in [4.78, 5) is 23.9. The Labute approximate surface area is 141 Å². The highest BCUT2D eigenvalue weighted by Crippen LogP contribution is 2.34. The standard InChI is InChI=1S/C15H10Cl2N2O4/c16-8-1-3-10(17)11(5-8)19-15(21)14(20)18-9-2-4-12-13(6-9)23-7-22-12/h1-6H,7H2,(H,18,20)(H,19,21). The van der Waals surface area contributed by atoms with Gasteiger partial charge in [-0.3, -0.25) is 9.59 Å². The molecule has 0 aromatic heterocycles. The summed E-state index contributed by atoms with van der Waals surface area (Å²) < 4.78 is 10.4. The molecule has 0 saturated carbocycles. The Kier molecular flexibility index (Phi) is 4.27. The molecule has 0 atom stereocenters. The summed E-state index contributed by atoms with van der Waals surface area (Å²) in [5.41, 5.74) is 0.664. The maximum absolute atomic E-state index is 11.9. The lowest BCUT2D eigenvalue weighted by atomic mass is 10.2. The lowest BCUT2D eigenvalue weighted by molar-refractivity contribution is -0.132. The van der Waals surface area contributed by atoms with Crippen molar-refractivity contribution in [1.82, 2.24) is 0 Å². The second-order valence-corrected chi connectivity index (χ2v) is 5.44. The van der Waals surface area contributed by atoms with Crippen molar-refractivity contribution in [3.63, 3.8) is 0 Å². The minimum absolute atomic E-state index is 0.125. The Hall–Kier alpha value is -2.44. The monoisotopic (exact) mass is 352 g/mol. The molecule has 0 unspecified atom stereocenters. The summed E-state index contributed by atoms with van der Waals surface area (Å²) in [5, 5.41) is 5.53. The van der Waals surface area contributed by atoms with Gasteiger partial charge < -0.3 is 20.1 Å². The summed E-state index contributed by atoms with van der Waals surface area (Å²) in [6.45, 7) is 0.125. The van der Waals surface area contributed by atoms with E-state index in [9.17, 15) is 9.59 Å². The Bertz CT molecular complexity index is 795. The van der Waals surface area contributed by atoms with Crippen molar-refractivity contribution < 1.29 is 19.1 Å². The molecule has 0 bridgehead atoms. The molecule has 6 nitrogen and oxygen atoms in total. The van der Waals surface area contributed by atoms with Gasteiger partial charge in [0.05, 0.1) is 10.7 Å². The van der Waals surface area contributed by atoms with Crippen LogP contribution in [0.25, 0.3) is 0 Å². The third-order valence-corrected chi connectivity index (χ3v) is 3.58. The quantitative estimate of drug-likeness (QED) is 0.813. The Morgan fingerprint density at radius 2 is 1.65 bits per heavy atom. The van der Waals surface area contributed by atoms with E-state index in [4.69, 9.17) is 32.7 Å². The molecule has 8 heteroatoms. The van der Waals surface area contributed by atoms with Crippen molar-refractivity contribution in [2.24, 2.45) is 0 Å². The van der Waals surface area contributed by atoms with E-state index in [0.717, 1.165) is 0 Å². The molecule has 0 aliphatic carbocycles. The van der Waals surface area contributed by atoms with Crippen molar-refractivity contribution in [1.29, 1.82) is 0 Å². The minimum Gasteiger partial charge on any atom is -0.454 e. The molecule has 1 aliphatic rings. The van der Waals surface area contributed by atoms with Crippen LogP contribution < -0.4 is 20.1 Å². The number of anilines is 2. The molecule has 118 valence electrons. The number of carbonyl (C=O) groups is 2. The molecule has 2 aromatic rings. The van der Waals surface area contributed by atoms with Crippen LogP contribution in [0.2, 0.25) is 10.0 Å². The fourth-order valence-electron chi connectivity index (χ4n) is 1.93. The van der Waals surface area contributed by atoms with Crippen LogP contribution in [0.1, 0.15) is 0 Å². The molecule has 3 rings (SSSR count). The molecule has 2 amide bonds. The topological polar surface area (TPSA) is 76.7 Å². The van der Waals surface area contributed by atoms with Gasteiger partial charge in [0.15, 0.2) is 11.5 Å². The van der Waals surface area contributed by atoms with E-state index in [-0.39, 0.29) is 17.5 Å². The fourth-order valence-corrected chi connectivity index (χ4v) is 2.27. The van der Waals surface area contributed by atoms with Crippen LogP contribution in [0.3, 0.4) is 0 Å². The molecular formula is C15H10Cl2N2O4. The maximum atomic E-state index is 11.9. The van der Waals surface area contributed by atoms with Gasteiger partial charge in [-0.05, 0) is 30.3 Å². The first-order chi connectivity index (χ1) is 11.0. The first kappa shape index (κ1) is 15.5. The van der Waals surface area contributed by atoms with Crippen LogP contribution >= 0.6 is 23.2 Å². The number of hydrogen-bond acceptors (Lipinski definition) is 4. The zero-order chi connectivity index (χ0) is 16.4. The van der Waals surface area contributed by atoms with Gasteiger partial charge in [-0.1, -0.05) is 23.2 Å². The average Bonchev–Trinajstić information content (AvgIpc) is 2.98. The van der Waals surface area contributed by atoms with Crippen LogP contribution in [0.15, 0.2) is 36.4 Å². The highest BCUT2D eigenvalue weighted by atomic mass is 35.5. The number of hydrogen-bond donors (Lipinski definition) is 2. The molecule has 0 spiro atoms. The van der Waals surface area contributed by atoms with Crippen LogP contribution in [0.4, 0.5) is 11.4 Å². The first-order valence-electron chi connectivity index (χ1n) is 6.50. The smallest absolute Gasteiger partial charge is 0.314 e. The number of ether oxygens (including phenoxy) is 2. The number of benzene rings is 2. The van der Waals surface area contributed by atoms with Crippen LogP contribution in [0.5, 0.6) is 11.5 Å². The number of halogens is 2. The molecule has 0 radical (unpaired) electrons. The predicted molar refractivity (Wildman–Crippen MR) is 86.3 cm³/mol. The van der Waals surface area contributed by atoms with Crippen molar-refractivity contribution in [3.05, 3.63) is 46.4 Å². The lowest BCUT2D eigenvalue weighted by Crippen LogP contribution is -2.29. The average molecular weight is 353 g/mol.